The number of ether oxygens (including phenoxy) is 2. The summed E-state index contributed by atoms with van der Waals surface area (Å²) in [5.74, 6) is 4.44. The SMILES string of the molecule is [2H][B].c1ccc(-c2c3ccccc3c(-c3ccc(-c4cccc5c4oc4ccccc45)cc3)c3ccccc23)cc1.c1ccc(-c2cccc3c2Oc2c(-c4ccccc4)cc(-c4ccccc4)c4c2B3c2cccc(-c3ccccc3)c2O4)cc1.c1ccc(-n2c(-c3ccc(-c4ccc5c(-c6ccc7ccccc7c6)c6ccccc6c(-c6ccc7ccccc7c6)c5c4)cc3)nc3ccccc32)cc1. The Morgan fingerprint density at radius 3 is 1.09 bits per heavy atom. The van der Waals surface area contributed by atoms with Gasteiger partial charge in [-0.1, -0.05) is 461 Å². The first-order chi connectivity index (χ1) is 70.0. The highest BCUT2D eigenvalue weighted by Gasteiger charge is 2.44. The fourth-order valence-corrected chi connectivity index (χ4v) is 21.7. The van der Waals surface area contributed by atoms with E-state index in [1.54, 1.807) is 0 Å². The molecule has 0 fully saturated rings. The van der Waals surface area contributed by atoms with E-state index < -0.39 is 0 Å². The second-order valence-electron chi connectivity index (χ2n) is 36.0. The van der Waals surface area contributed by atoms with Crippen molar-refractivity contribution in [1.82, 2.24) is 9.55 Å². The van der Waals surface area contributed by atoms with Gasteiger partial charge in [-0.05, 0) is 215 Å². The number of aromatic nitrogens is 2. The van der Waals surface area contributed by atoms with Crippen LogP contribution in [0.5, 0.6) is 23.0 Å². The summed E-state index contributed by atoms with van der Waals surface area (Å²) in [4.78, 5) is 5.12. The van der Waals surface area contributed by atoms with E-state index in [0.29, 0.717) is 0 Å². The molecule has 28 rings (SSSR count). The minimum atomic E-state index is -0.0825. The summed E-state index contributed by atoms with van der Waals surface area (Å²) in [6.07, 6.45) is 0. The number of furan rings is 1. The van der Waals surface area contributed by atoms with Crippen LogP contribution in [0, 0.1) is 0 Å². The second-order valence-corrected chi connectivity index (χ2v) is 36.0. The van der Waals surface area contributed by atoms with E-state index in [2.05, 4.69) is 516 Å². The third-order valence-corrected chi connectivity index (χ3v) is 28.1. The molecule has 0 atom stereocenters. The lowest BCUT2D eigenvalue weighted by molar-refractivity contribution is 0.468. The number of para-hydroxylation sites is 7. The summed E-state index contributed by atoms with van der Waals surface area (Å²) in [5.41, 5.74) is 32.8. The molecule has 0 amide bonds. The number of imidazole rings is 1. The van der Waals surface area contributed by atoms with E-state index in [9.17, 15) is 0 Å². The summed E-state index contributed by atoms with van der Waals surface area (Å²) in [7, 11) is 3.75. The molecule has 4 heterocycles. The monoisotopic (exact) mass is 1780 g/mol. The van der Waals surface area contributed by atoms with E-state index in [1.165, 1.54) is 115 Å². The maximum Gasteiger partial charge on any atom is 0.260 e. The van der Waals surface area contributed by atoms with Gasteiger partial charge in [-0.3, -0.25) is 4.57 Å². The molecule has 0 N–H and O–H groups in total. The Kier molecular flexibility index (Phi) is 21.0. The lowest BCUT2D eigenvalue weighted by Crippen LogP contribution is -2.57. The smallest absolute Gasteiger partial charge is 0.260 e. The molecule has 24 aromatic carbocycles. The van der Waals surface area contributed by atoms with Crippen molar-refractivity contribution in [2.75, 3.05) is 0 Å². The fraction of sp³-hybridized carbons (Fsp3) is 0. The van der Waals surface area contributed by atoms with Crippen LogP contribution < -0.4 is 25.9 Å². The third kappa shape index (κ3) is 14.7. The molecule has 0 bridgehead atoms. The van der Waals surface area contributed by atoms with Gasteiger partial charge in [0, 0.05) is 63.7 Å². The van der Waals surface area contributed by atoms with Crippen LogP contribution in [0.15, 0.2) is 520 Å². The quantitative estimate of drug-likeness (QED) is 0.0903. The number of hydrogen-bond acceptors (Lipinski definition) is 4. The lowest BCUT2D eigenvalue weighted by Gasteiger charge is -2.36. The largest absolute Gasteiger partial charge is 0.457 e. The summed E-state index contributed by atoms with van der Waals surface area (Å²) < 4.78 is 28.1. The molecule has 2 aromatic heterocycles. The van der Waals surface area contributed by atoms with E-state index >= 15 is 0 Å². The van der Waals surface area contributed by atoms with E-state index in [-0.39, 0.29) is 6.71 Å². The van der Waals surface area contributed by atoms with Gasteiger partial charge in [0.15, 0.2) is 0 Å². The lowest BCUT2D eigenvalue weighted by atomic mass is 9.34. The highest BCUT2D eigenvalue weighted by molar-refractivity contribution is 6.98. The molecule has 0 saturated carbocycles. The van der Waals surface area contributed by atoms with Crippen LogP contribution in [0.3, 0.4) is 0 Å². The molecule has 0 spiro atoms. The molecule has 26 aromatic rings. The summed E-state index contributed by atoms with van der Waals surface area (Å²) >= 11 is 0. The van der Waals surface area contributed by atoms with E-state index in [1.807, 2.05) is 12.1 Å². The molecular formula is C133H86B2N2O3. The summed E-state index contributed by atoms with van der Waals surface area (Å²) in [6.45, 7) is -0.0825. The number of hydrogen-bond donors (Lipinski definition) is 0. The number of rotatable bonds is 12. The molecule has 140 heavy (non-hydrogen) atoms. The maximum absolute atomic E-state index is 7.14. The minimum absolute atomic E-state index is 0.0825. The molecule has 2 aliphatic rings. The molecule has 0 unspecified atom stereocenters. The van der Waals surface area contributed by atoms with Gasteiger partial charge < -0.3 is 13.9 Å². The van der Waals surface area contributed by atoms with E-state index in [4.69, 9.17) is 20.2 Å². The van der Waals surface area contributed by atoms with Crippen molar-refractivity contribution in [2.45, 2.75) is 0 Å². The Hall–Kier alpha value is -18.2. The minimum Gasteiger partial charge on any atom is -0.457 e. The second kappa shape index (κ2) is 35.6. The molecule has 652 valence electrons. The molecule has 2 aliphatic heterocycles. The Bertz CT molecular complexity index is 9090. The molecule has 0 aliphatic carbocycles. The van der Waals surface area contributed by atoms with Gasteiger partial charge in [0.2, 0.25) is 0 Å². The van der Waals surface area contributed by atoms with Crippen LogP contribution in [-0.2, 0) is 0 Å². The first kappa shape index (κ1) is 82.5. The Morgan fingerprint density at radius 1 is 0.221 bits per heavy atom. The standard InChI is InChI=1S/C53H34N2.C42H27BO2.C38H24O.BH/c1-2-16-44(17-3-1)55-50-21-11-10-20-49(50)54-53(55)38-26-22-37(23-27-38)41-30-31-47-48(34-41)52(43-29-25-36-13-5-7-15-40(36)33-43)46-19-9-8-18-45(46)51(47)42-28-24-35-12-4-6-14-39(35)32-42;1-5-15-28(16-6-1)32-23-13-25-36-39(32)44-41-34(30-19-9-3-10-20-30)27-35(31-21-11-4-12-22-31)42-38(41)43(36)37-26-14-24-33(40(37)45-42)29-17-7-2-8-18-29;1-2-11-26(12-3-1)36-30-14-4-6-16-32(30)37(33-17-7-5-15-31(33)36)27-23-21-25(22-24-27)28-18-10-19-34-29-13-8-9-20-35(29)39-38(28)34;/h1-34H;1-27H;1-24H;1H/i;;;1D. The van der Waals surface area contributed by atoms with E-state index in [0.717, 1.165) is 151 Å². The van der Waals surface area contributed by atoms with Gasteiger partial charge in [-0.25, -0.2) is 4.98 Å². The van der Waals surface area contributed by atoms with Gasteiger partial charge >= 0.3 is 0 Å². The zero-order chi connectivity index (χ0) is 93.8. The molecular weight excluding hydrogens is 1700 g/mol. The predicted octanol–water partition coefficient (Wildman–Crippen LogP) is 33.6. The summed E-state index contributed by atoms with van der Waals surface area (Å²) in [6, 6.07) is 184. The van der Waals surface area contributed by atoms with Crippen molar-refractivity contribution in [3.63, 3.8) is 0 Å². The van der Waals surface area contributed by atoms with Gasteiger partial charge in [0.05, 0.1) is 11.0 Å². The molecule has 5 nitrogen and oxygen atoms in total. The highest BCUT2D eigenvalue weighted by Crippen LogP contribution is 2.53. The predicted molar refractivity (Wildman–Crippen MR) is 591 cm³/mol. The normalized spacial score (nSPS) is 11.8. The number of benzene rings is 24. The molecule has 2 radical (unpaired) electrons. The third-order valence-electron chi connectivity index (χ3n) is 28.1. The summed E-state index contributed by atoms with van der Waals surface area (Å²) in [5, 5.41) is 17.4. The van der Waals surface area contributed by atoms with Crippen molar-refractivity contribution in [3.8, 4) is 151 Å². The van der Waals surface area contributed by atoms with Gasteiger partial charge in [-0.2, -0.15) is 0 Å². The highest BCUT2D eigenvalue weighted by atomic mass is 16.5. The Morgan fingerprint density at radius 2 is 0.571 bits per heavy atom. The van der Waals surface area contributed by atoms with Crippen molar-refractivity contribution >= 4 is 129 Å². The Labute approximate surface area is 815 Å². The van der Waals surface area contributed by atoms with Crippen LogP contribution >= 0.6 is 0 Å². The fourth-order valence-electron chi connectivity index (χ4n) is 21.7. The van der Waals surface area contributed by atoms with Crippen LogP contribution in [0.2, 0.25) is 0 Å². The Balaban J connectivity index is 0.000000112. The number of fused-ring (bicyclic) bond motifs is 14. The average Bonchev–Trinajstić information content (AvgIpc) is 1.10. The van der Waals surface area contributed by atoms with Crippen LogP contribution in [-0.4, -0.2) is 26.0 Å². The van der Waals surface area contributed by atoms with Crippen LogP contribution in [0.4, 0.5) is 0 Å². The number of nitrogens with zero attached hydrogens (tertiary/aromatic N) is 2. The van der Waals surface area contributed by atoms with Gasteiger partial charge in [-0.15, -0.1) is 0 Å². The van der Waals surface area contributed by atoms with Crippen LogP contribution in [0.25, 0.3) is 226 Å². The maximum atomic E-state index is 7.14. The van der Waals surface area contributed by atoms with Crippen LogP contribution in [0.1, 0.15) is 0 Å². The zero-order valence-electron chi connectivity index (χ0n) is 77.3. The topological polar surface area (TPSA) is 49.4 Å². The average molecular weight is 1780 g/mol. The van der Waals surface area contributed by atoms with Gasteiger partial charge in [0.1, 0.15) is 40.0 Å². The first-order valence-electron chi connectivity index (χ1n) is 48.2. The van der Waals surface area contributed by atoms with Crippen molar-refractivity contribution < 1.29 is 13.9 Å². The first-order valence-corrected chi connectivity index (χ1v) is 47.6. The molecule has 0 saturated heterocycles. The van der Waals surface area contributed by atoms with Gasteiger partial charge in [0.25, 0.3) is 6.71 Å². The van der Waals surface area contributed by atoms with Crippen molar-refractivity contribution in [3.05, 3.63) is 516 Å². The zero-order valence-corrected chi connectivity index (χ0v) is 76.3. The molecule has 7 heteroatoms. The van der Waals surface area contributed by atoms with Crippen molar-refractivity contribution in [2.24, 2.45) is 0 Å². The van der Waals surface area contributed by atoms with Crippen molar-refractivity contribution in [1.29, 1.82) is 1.34 Å².